The molecule has 1 fully saturated rings. The van der Waals surface area contributed by atoms with Crippen molar-refractivity contribution in [3.05, 3.63) is 59.7 Å². The fourth-order valence-corrected chi connectivity index (χ4v) is 3.13. The van der Waals surface area contributed by atoms with Gasteiger partial charge in [0.15, 0.2) is 0 Å². The maximum Gasteiger partial charge on any atom is 0.251 e. The van der Waals surface area contributed by atoms with Crippen molar-refractivity contribution in [3.63, 3.8) is 0 Å². The molecule has 1 aliphatic rings. The lowest BCUT2D eigenvalue weighted by atomic mass is 10.0. The lowest BCUT2D eigenvalue weighted by Gasteiger charge is -2.15. The quantitative estimate of drug-likeness (QED) is 0.808. The van der Waals surface area contributed by atoms with E-state index in [1.807, 2.05) is 24.3 Å². The number of nitrogens with one attached hydrogen (secondary N) is 2. The van der Waals surface area contributed by atoms with E-state index in [4.69, 9.17) is 0 Å². The molecule has 0 unspecified atom stereocenters. The van der Waals surface area contributed by atoms with E-state index in [0.717, 1.165) is 12.1 Å². The summed E-state index contributed by atoms with van der Waals surface area (Å²) in [5, 5.41) is 5.38. The summed E-state index contributed by atoms with van der Waals surface area (Å²) in [6.07, 6.45) is 1.42. The van der Waals surface area contributed by atoms with Crippen LogP contribution in [0.2, 0.25) is 0 Å². The summed E-state index contributed by atoms with van der Waals surface area (Å²) in [6.45, 7) is 4.82. The van der Waals surface area contributed by atoms with E-state index in [1.54, 1.807) is 29.2 Å². The van der Waals surface area contributed by atoms with Crippen LogP contribution in [0.25, 0.3) is 0 Å². The van der Waals surface area contributed by atoms with Crippen LogP contribution < -0.4 is 15.5 Å². The molecule has 0 saturated carbocycles. The summed E-state index contributed by atoms with van der Waals surface area (Å²) >= 11 is 0. The van der Waals surface area contributed by atoms with Crippen LogP contribution >= 0.6 is 0 Å². The zero-order valence-corrected chi connectivity index (χ0v) is 16.2. The van der Waals surface area contributed by atoms with Gasteiger partial charge in [0, 0.05) is 29.9 Å². The van der Waals surface area contributed by atoms with Crippen LogP contribution in [0, 0.1) is 0 Å². The molecule has 0 spiro atoms. The van der Waals surface area contributed by atoms with Crippen molar-refractivity contribution < 1.29 is 14.4 Å². The molecule has 0 aliphatic carbocycles. The van der Waals surface area contributed by atoms with Gasteiger partial charge in [0.1, 0.15) is 0 Å². The van der Waals surface area contributed by atoms with Gasteiger partial charge in [-0.3, -0.25) is 14.4 Å². The summed E-state index contributed by atoms with van der Waals surface area (Å²) in [7, 11) is 0. The molecule has 3 rings (SSSR count). The highest BCUT2D eigenvalue weighted by Gasteiger charge is 2.21. The Morgan fingerprint density at radius 2 is 1.71 bits per heavy atom. The van der Waals surface area contributed by atoms with Crippen LogP contribution in [0.15, 0.2) is 48.5 Å². The van der Waals surface area contributed by atoms with Crippen LogP contribution in [0.3, 0.4) is 0 Å². The molecule has 6 nitrogen and oxygen atoms in total. The Kier molecular flexibility index (Phi) is 6.09. The molecular formula is C22H25N3O3. The number of carbonyl (C=O) groups is 3. The summed E-state index contributed by atoms with van der Waals surface area (Å²) in [6, 6.07) is 14.5. The van der Waals surface area contributed by atoms with Gasteiger partial charge in [0.05, 0.1) is 6.54 Å². The largest absolute Gasteiger partial charge is 0.343 e. The predicted octanol–water partition coefficient (Wildman–Crippen LogP) is 3.31. The lowest BCUT2D eigenvalue weighted by molar-refractivity contribution is -0.117. The Balaban J connectivity index is 1.50. The van der Waals surface area contributed by atoms with Gasteiger partial charge >= 0.3 is 0 Å². The van der Waals surface area contributed by atoms with E-state index in [-0.39, 0.29) is 24.3 Å². The Morgan fingerprint density at radius 1 is 1.04 bits per heavy atom. The first kappa shape index (κ1) is 19.6. The first-order valence-corrected chi connectivity index (χ1v) is 9.52. The van der Waals surface area contributed by atoms with Gasteiger partial charge in [0.2, 0.25) is 11.8 Å². The first-order valence-electron chi connectivity index (χ1n) is 9.52. The van der Waals surface area contributed by atoms with Crippen molar-refractivity contribution in [1.82, 2.24) is 5.32 Å². The normalized spacial score (nSPS) is 13.7. The molecule has 1 saturated heterocycles. The van der Waals surface area contributed by atoms with Crippen LogP contribution in [0.5, 0.6) is 0 Å². The fraction of sp³-hybridized carbons (Fsp3) is 0.318. The number of anilines is 2. The number of carbonyl (C=O) groups excluding carboxylic acids is 3. The molecule has 2 N–H and O–H groups in total. The van der Waals surface area contributed by atoms with E-state index in [0.29, 0.717) is 30.1 Å². The topological polar surface area (TPSA) is 78.5 Å². The molecule has 0 bridgehead atoms. The van der Waals surface area contributed by atoms with E-state index in [2.05, 4.69) is 24.5 Å². The SMILES string of the molecule is CC(C)c1ccc(NC(=O)CNC(=O)c2ccc(N3CCCC3=O)cc2)cc1. The molecule has 1 heterocycles. The average molecular weight is 379 g/mol. The van der Waals surface area contributed by atoms with Crippen molar-refractivity contribution in [2.75, 3.05) is 23.3 Å². The molecule has 28 heavy (non-hydrogen) atoms. The summed E-state index contributed by atoms with van der Waals surface area (Å²) < 4.78 is 0. The second-order valence-electron chi connectivity index (χ2n) is 7.20. The second-order valence-corrected chi connectivity index (χ2v) is 7.20. The molecule has 3 amide bonds. The van der Waals surface area contributed by atoms with Crippen LogP contribution in [0.1, 0.15) is 48.5 Å². The number of rotatable bonds is 6. The highest BCUT2D eigenvalue weighted by Crippen LogP contribution is 2.21. The van der Waals surface area contributed by atoms with Gasteiger partial charge in [-0.05, 0) is 54.3 Å². The third kappa shape index (κ3) is 4.76. The van der Waals surface area contributed by atoms with E-state index in [1.165, 1.54) is 5.56 Å². The van der Waals surface area contributed by atoms with Crippen molar-refractivity contribution >= 4 is 29.1 Å². The average Bonchev–Trinajstić information content (AvgIpc) is 3.12. The van der Waals surface area contributed by atoms with E-state index >= 15 is 0 Å². The predicted molar refractivity (Wildman–Crippen MR) is 110 cm³/mol. The van der Waals surface area contributed by atoms with Crippen LogP contribution in [-0.4, -0.2) is 30.8 Å². The monoisotopic (exact) mass is 379 g/mol. The molecule has 2 aromatic rings. The lowest BCUT2D eigenvalue weighted by Crippen LogP contribution is -2.32. The minimum absolute atomic E-state index is 0.107. The minimum Gasteiger partial charge on any atom is -0.343 e. The van der Waals surface area contributed by atoms with E-state index < -0.39 is 0 Å². The number of hydrogen-bond donors (Lipinski definition) is 2. The summed E-state index contributed by atoms with van der Waals surface area (Å²) in [5.41, 5.74) is 3.14. The Bertz CT molecular complexity index is 858. The van der Waals surface area contributed by atoms with Crippen LogP contribution in [0.4, 0.5) is 11.4 Å². The van der Waals surface area contributed by atoms with Gasteiger partial charge in [0.25, 0.3) is 5.91 Å². The zero-order chi connectivity index (χ0) is 20.1. The van der Waals surface area contributed by atoms with Gasteiger partial charge in [-0.25, -0.2) is 0 Å². The smallest absolute Gasteiger partial charge is 0.251 e. The van der Waals surface area contributed by atoms with Gasteiger partial charge in [-0.1, -0.05) is 26.0 Å². The van der Waals surface area contributed by atoms with Gasteiger partial charge in [-0.2, -0.15) is 0 Å². The first-order chi connectivity index (χ1) is 13.4. The third-order valence-electron chi connectivity index (χ3n) is 4.79. The molecule has 6 heteroatoms. The van der Waals surface area contributed by atoms with Gasteiger partial charge < -0.3 is 15.5 Å². The highest BCUT2D eigenvalue weighted by molar-refractivity contribution is 6.00. The highest BCUT2D eigenvalue weighted by atomic mass is 16.2. The third-order valence-corrected chi connectivity index (χ3v) is 4.79. The van der Waals surface area contributed by atoms with Crippen molar-refractivity contribution in [1.29, 1.82) is 0 Å². The van der Waals surface area contributed by atoms with Crippen molar-refractivity contribution in [3.8, 4) is 0 Å². The second kappa shape index (κ2) is 8.69. The molecule has 0 aromatic heterocycles. The maximum atomic E-state index is 12.2. The maximum absolute atomic E-state index is 12.2. The fourth-order valence-electron chi connectivity index (χ4n) is 3.13. The van der Waals surface area contributed by atoms with Gasteiger partial charge in [-0.15, -0.1) is 0 Å². The Hall–Kier alpha value is -3.15. The van der Waals surface area contributed by atoms with Crippen molar-refractivity contribution in [2.24, 2.45) is 0 Å². The molecule has 2 aromatic carbocycles. The van der Waals surface area contributed by atoms with Crippen LogP contribution in [-0.2, 0) is 9.59 Å². The number of hydrogen-bond acceptors (Lipinski definition) is 3. The number of amides is 3. The zero-order valence-electron chi connectivity index (χ0n) is 16.2. The van der Waals surface area contributed by atoms with Crippen molar-refractivity contribution in [2.45, 2.75) is 32.6 Å². The Labute approximate surface area is 164 Å². The summed E-state index contributed by atoms with van der Waals surface area (Å²) in [4.78, 5) is 37.8. The molecule has 0 radical (unpaired) electrons. The minimum atomic E-state index is -0.329. The summed E-state index contributed by atoms with van der Waals surface area (Å²) in [5.74, 6) is -0.0798. The molecule has 146 valence electrons. The van der Waals surface area contributed by atoms with E-state index in [9.17, 15) is 14.4 Å². The molecule has 0 atom stereocenters. The molecular weight excluding hydrogens is 354 g/mol. The Morgan fingerprint density at radius 3 is 2.29 bits per heavy atom. The standard InChI is InChI=1S/C22H25N3O3/c1-15(2)16-5-9-18(10-6-16)24-20(26)14-23-22(28)17-7-11-19(12-8-17)25-13-3-4-21(25)27/h5-12,15H,3-4,13-14H2,1-2H3,(H,23,28)(H,24,26). The number of benzene rings is 2. The number of nitrogens with zero attached hydrogens (tertiary/aromatic N) is 1. The molecule has 1 aliphatic heterocycles.